The number of aryl methyl sites for hydroxylation is 1. The summed E-state index contributed by atoms with van der Waals surface area (Å²) in [7, 11) is 0. The van der Waals surface area contributed by atoms with Gasteiger partial charge < -0.3 is 9.84 Å². The lowest BCUT2D eigenvalue weighted by Crippen LogP contribution is -2.27. The molecule has 0 aliphatic carbocycles. The molecular formula is C20H17NO4S2. The van der Waals surface area contributed by atoms with Gasteiger partial charge in [0.2, 0.25) is 0 Å². The number of amides is 1. The van der Waals surface area contributed by atoms with Gasteiger partial charge in [-0.3, -0.25) is 9.69 Å². The average Bonchev–Trinajstić information content (AvgIpc) is 2.90. The van der Waals surface area contributed by atoms with Crippen molar-refractivity contribution >= 4 is 46.3 Å². The van der Waals surface area contributed by atoms with E-state index in [0.717, 1.165) is 11.1 Å². The van der Waals surface area contributed by atoms with E-state index in [2.05, 4.69) is 0 Å². The monoisotopic (exact) mass is 399 g/mol. The van der Waals surface area contributed by atoms with Crippen molar-refractivity contribution in [1.82, 2.24) is 4.90 Å². The molecule has 0 bridgehead atoms. The normalized spacial score (nSPS) is 15.4. The minimum Gasteiger partial charge on any atom is -0.482 e. The maximum atomic E-state index is 12.7. The summed E-state index contributed by atoms with van der Waals surface area (Å²) in [5.41, 5.74) is 3.01. The van der Waals surface area contributed by atoms with Crippen LogP contribution in [-0.4, -0.2) is 32.8 Å². The zero-order valence-corrected chi connectivity index (χ0v) is 16.2. The Morgan fingerprint density at radius 1 is 1.19 bits per heavy atom. The summed E-state index contributed by atoms with van der Waals surface area (Å²) < 4.78 is 5.64. The van der Waals surface area contributed by atoms with Gasteiger partial charge in [0.1, 0.15) is 10.1 Å². The van der Waals surface area contributed by atoms with Gasteiger partial charge in [-0.2, -0.15) is 0 Å². The van der Waals surface area contributed by atoms with Crippen LogP contribution in [0.25, 0.3) is 6.08 Å². The number of hydrogen-bond donors (Lipinski definition) is 1. The fourth-order valence-corrected chi connectivity index (χ4v) is 3.72. The summed E-state index contributed by atoms with van der Waals surface area (Å²) >= 11 is 6.64. The van der Waals surface area contributed by atoms with Gasteiger partial charge in [-0.1, -0.05) is 65.9 Å². The van der Waals surface area contributed by atoms with Crippen LogP contribution in [0.2, 0.25) is 0 Å². The highest BCUT2D eigenvalue weighted by atomic mass is 32.2. The number of thiocarbonyl (C=S) groups is 1. The summed E-state index contributed by atoms with van der Waals surface area (Å²) in [5, 5.41) is 8.63. The van der Waals surface area contributed by atoms with Crippen molar-refractivity contribution in [3.05, 3.63) is 70.1 Å². The molecule has 1 heterocycles. The molecule has 0 unspecified atom stereocenters. The Morgan fingerprint density at radius 3 is 2.48 bits per heavy atom. The number of carbonyl (C=O) groups excluding carboxylic acids is 1. The van der Waals surface area contributed by atoms with Crippen molar-refractivity contribution in [2.75, 3.05) is 6.61 Å². The minimum atomic E-state index is -1.03. The number of carboxylic acid groups (broad SMARTS) is 1. The number of carboxylic acids is 1. The summed E-state index contributed by atoms with van der Waals surface area (Å²) in [4.78, 5) is 25.4. The first-order valence-corrected chi connectivity index (χ1v) is 9.40. The molecule has 2 aromatic rings. The molecule has 138 valence electrons. The smallest absolute Gasteiger partial charge is 0.341 e. The fourth-order valence-electron chi connectivity index (χ4n) is 2.47. The van der Waals surface area contributed by atoms with Crippen LogP contribution in [0.5, 0.6) is 5.75 Å². The number of aliphatic carboxylic acids is 1. The summed E-state index contributed by atoms with van der Waals surface area (Å²) in [6.45, 7) is 2.07. The molecule has 7 heteroatoms. The Hall–Kier alpha value is -2.64. The van der Waals surface area contributed by atoms with Crippen LogP contribution in [0.3, 0.4) is 0 Å². The van der Waals surface area contributed by atoms with E-state index in [9.17, 15) is 9.59 Å². The van der Waals surface area contributed by atoms with Crippen LogP contribution in [0.15, 0.2) is 53.4 Å². The molecule has 0 spiro atoms. The second-order valence-electron chi connectivity index (χ2n) is 6.00. The SMILES string of the molecule is Cc1ccc(CN2C(=O)/C(=C/c3ccc(OCC(=O)O)cc3)SC2=S)cc1. The number of nitrogens with zero attached hydrogens (tertiary/aromatic N) is 1. The van der Waals surface area contributed by atoms with Crippen molar-refractivity contribution in [1.29, 1.82) is 0 Å². The lowest BCUT2D eigenvalue weighted by molar-refractivity contribution is -0.139. The highest BCUT2D eigenvalue weighted by Gasteiger charge is 2.31. The standard InChI is InChI=1S/C20H17NO4S2/c1-13-2-4-15(5-3-13)11-21-19(24)17(27-20(21)26)10-14-6-8-16(9-7-14)25-12-18(22)23/h2-10H,11-12H2,1H3,(H,22,23)/b17-10-. The van der Waals surface area contributed by atoms with E-state index in [-0.39, 0.29) is 5.91 Å². The lowest BCUT2D eigenvalue weighted by atomic mass is 10.1. The fraction of sp³-hybridized carbons (Fsp3) is 0.150. The summed E-state index contributed by atoms with van der Waals surface area (Å²) in [5.74, 6) is -0.686. The van der Waals surface area contributed by atoms with Gasteiger partial charge >= 0.3 is 5.97 Å². The molecule has 1 aliphatic rings. The molecule has 27 heavy (non-hydrogen) atoms. The van der Waals surface area contributed by atoms with E-state index in [1.165, 1.54) is 17.3 Å². The number of hydrogen-bond acceptors (Lipinski definition) is 5. The predicted molar refractivity (Wildman–Crippen MR) is 109 cm³/mol. The first-order valence-electron chi connectivity index (χ1n) is 8.18. The second kappa shape index (κ2) is 8.37. The number of benzene rings is 2. The van der Waals surface area contributed by atoms with E-state index in [1.54, 1.807) is 35.2 Å². The van der Waals surface area contributed by atoms with Gasteiger partial charge in [0.05, 0.1) is 11.4 Å². The largest absolute Gasteiger partial charge is 0.482 e. The van der Waals surface area contributed by atoms with Crippen LogP contribution < -0.4 is 4.74 Å². The third-order valence-corrected chi connectivity index (χ3v) is 5.25. The molecule has 0 radical (unpaired) electrons. The Labute approximate surface area is 166 Å². The van der Waals surface area contributed by atoms with Crippen molar-refractivity contribution in [3.63, 3.8) is 0 Å². The van der Waals surface area contributed by atoms with Gasteiger partial charge in [-0.15, -0.1) is 0 Å². The second-order valence-corrected chi connectivity index (χ2v) is 7.68. The summed E-state index contributed by atoms with van der Waals surface area (Å²) in [6.07, 6.45) is 1.77. The first-order chi connectivity index (χ1) is 12.9. The molecule has 1 fully saturated rings. The molecule has 3 rings (SSSR count). The van der Waals surface area contributed by atoms with E-state index in [4.69, 9.17) is 22.1 Å². The van der Waals surface area contributed by atoms with Crippen LogP contribution in [0.1, 0.15) is 16.7 Å². The van der Waals surface area contributed by atoms with Crippen LogP contribution >= 0.6 is 24.0 Å². The zero-order chi connectivity index (χ0) is 19.4. The predicted octanol–water partition coefficient (Wildman–Crippen LogP) is 3.86. The molecule has 2 aromatic carbocycles. The van der Waals surface area contributed by atoms with Crippen molar-refractivity contribution in [2.24, 2.45) is 0 Å². The molecule has 1 saturated heterocycles. The topological polar surface area (TPSA) is 66.8 Å². The highest BCUT2D eigenvalue weighted by molar-refractivity contribution is 8.26. The minimum absolute atomic E-state index is 0.114. The Morgan fingerprint density at radius 2 is 1.85 bits per heavy atom. The molecule has 0 saturated carbocycles. The van der Waals surface area contributed by atoms with Crippen molar-refractivity contribution < 1.29 is 19.4 Å². The van der Waals surface area contributed by atoms with E-state index >= 15 is 0 Å². The summed E-state index contributed by atoms with van der Waals surface area (Å²) in [6, 6.07) is 14.9. The number of ether oxygens (including phenoxy) is 1. The number of thioether (sulfide) groups is 1. The van der Waals surface area contributed by atoms with E-state index < -0.39 is 12.6 Å². The van der Waals surface area contributed by atoms with Gasteiger partial charge in [-0.25, -0.2) is 4.79 Å². The molecule has 5 nitrogen and oxygen atoms in total. The van der Waals surface area contributed by atoms with Gasteiger partial charge in [0, 0.05) is 0 Å². The molecule has 0 aromatic heterocycles. The Balaban J connectivity index is 1.70. The van der Waals surface area contributed by atoms with Crippen molar-refractivity contribution in [3.8, 4) is 5.75 Å². The quantitative estimate of drug-likeness (QED) is 0.588. The third kappa shape index (κ3) is 4.96. The van der Waals surface area contributed by atoms with Gasteiger partial charge in [0.25, 0.3) is 5.91 Å². The highest BCUT2D eigenvalue weighted by Crippen LogP contribution is 2.33. The molecule has 1 N–H and O–H groups in total. The van der Waals surface area contributed by atoms with E-state index in [1.807, 2.05) is 31.2 Å². The maximum absolute atomic E-state index is 12.7. The Bertz CT molecular complexity index is 905. The molecule has 0 atom stereocenters. The van der Waals surface area contributed by atoms with E-state index in [0.29, 0.717) is 21.5 Å². The van der Waals surface area contributed by atoms with Gasteiger partial charge in [-0.05, 0) is 36.3 Å². The first kappa shape index (κ1) is 19.1. The molecule has 1 aliphatic heterocycles. The Kier molecular flexibility index (Phi) is 5.93. The van der Waals surface area contributed by atoms with Crippen molar-refractivity contribution in [2.45, 2.75) is 13.5 Å². The molecule has 1 amide bonds. The lowest BCUT2D eigenvalue weighted by Gasteiger charge is -2.14. The van der Waals surface area contributed by atoms with Gasteiger partial charge in [0.15, 0.2) is 6.61 Å². The number of rotatable bonds is 6. The third-order valence-electron chi connectivity index (χ3n) is 3.88. The number of carbonyl (C=O) groups is 2. The van der Waals surface area contributed by atoms with Crippen LogP contribution in [-0.2, 0) is 16.1 Å². The van der Waals surface area contributed by atoms with Crippen LogP contribution in [0, 0.1) is 6.92 Å². The average molecular weight is 399 g/mol. The maximum Gasteiger partial charge on any atom is 0.341 e. The zero-order valence-electron chi connectivity index (χ0n) is 14.5. The van der Waals surface area contributed by atoms with Crippen LogP contribution in [0.4, 0.5) is 0 Å². The molecular weight excluding hydrogens is 382 g/mol.